The highest BCUT2D eigenvalue weighted by molar-refractivity contribution is 5.92. The Bertz CT molecular complexity index is 302. The van der Waals surface area contributed by atoms with Crippen molar-refractivity contribution in [2.24, 2.45) is 11.3 Å². The molecule has 0 aromatic rings. The minimum Gasteiger partial charge on any atom is -0.396 e. The summed E-state index contributed by atoms with van der Waals surface area (Å²) in [4.78, 5) is 11.5. The molecule has 1 aliphatic carbocycles. The van der Waals surface area contributed by atoms with Crippen molar-refractivity contribution in [2.75, 3.05) is 6.61 Å². The maximum absolute atomic E-state index is 11.5. The first kappa shape index (κ1) is 12.2. The number of rotatable bonds is 3. The number of ketones is 1. The van der Waals surface area contributed by atoms with Crippen LogP contribution < -0.4 is 0 Å². The Kier molecular flexibility index (Phi) is 3.86. The van der Waals surface area contributed by atoms with Crippen molar-refractivity contribution in [2.45, 2.75) is 33.6 Å². The van der Waals surface area contributed by atoms with Crippen LogP contribution in [0.15, 0.2) is 23.8 Å². The van der Waals surface area contributed by atoms with E-state index in [9.17, 15) is 9.90 Å². The topological polar surface area (TPSA) is 37.3 Å². The molecule has 0 saturated heterocycles. The minimum atomic E-state index is -0.282. The molecule has 0 aliphatic heterocycles. The van der Waals surface area contributed by atoms with Crippen LogP contribution in [0.5, 0.6) is 0 Å². The second-order valence-electron chi connectivity index (χ2n) is 4.70. The summed E-state index contributed by atoms with van der Waals surface area (Å²) in [5.74, 6) is 0.428. The minimum absolute atomic E-state index is 0.0755. The first-order valence-corrected chi connectivity index (χ1v) is 5.46. The van der Waals surface area contributed by atoms with E-state index in [0.29, 0.717) is 6.42 Å². The van der Waals surface area contributed by atoms with Gasteiger partial charge in [-0.2, -0.15) is 0 Å². The fourth-order valence-electron chi connectivity index (χ4n) is 2.39. The summed E-state index contributed by atoms with van der Waals surface area (Å²) >= 11 is 0. The van der Waals surface area contributed by atoms with E-state index in [0.717, 1.165) is 12.0 Å². The van der Waals surface area contributed by atoms with Crippen molar-refractivity contribution < 1.29 is 9.90 Å². The van der Waals surface area contributed by atoms with Crippen LogP contribution >= 0.6 is 0 Å². The summed E-state index contributed by atoms with van der Waals surface area (Å²) < 4.78 is 0. The molecule has 0 bridgehead atoms. The number of carbonyl (C=O) groups is 1. The van der Waals surface area contributed by atoms with Gasteiger partial charge in [0, 0.05) is 18.4 Å². The van der Waals surface area contributed by atoms with Gasteiger partial charge in [0.05, 0.1) is 0 Å². The molecule has 1 rings (SSSR count). The third-order valence-electron chi connectivity index (χ3n) is 3.33. The van der Waals surface area contributed by atoms with E-state index < -0.39 is 0 Å². The smallest absolute Gasteiger partial charge is 0.156 e. The lowest BCUT2D eigenvalue weighted by Crippen LogP contribution is -2.37. The van der Waals surface area contributed by atoms with Crippen LogP contribution in [0.3, 0.4) is 0 Å². The summed E-state index contributed by atoms with van der Waals surface area (Å²) in [6, 6.07) is 0. The molecule has 2 atom stereocenters. The standard InChI is InChI=1S/C13H20O2/c1-4-5-6-12-10(2)7-11(15)8-13(12,3)9-14/h4-5,7,12,14H,6,8-9H2,1-3H3/b5-4+/t12-,13-/m1/s1. The summed E-state index contributed by atoms with van der Waals surface area (Å²) in [7, 11) is 0. The van der Waals surface area contributed by atoms with Crippen LogP contribution in [-0.4, -0.2) is 17.5 Å². The zero-order valence-electron chi connectivity index (χ0n) is 9.79. The van der Waals surface area contributed by atoms with Gasteiger partial charge in [0.15, 0.2) is 5.78 Å². The molecule has 0 saturated carbocycles. The van der Waals surface area contributed by atoms with E-state index in [-0.39, 0.29) is 23.7 Å². The molecule has 1 aliphatic rings. The number of aliphatic hydroxyl groups excluding tert-OH is 1. The van der Waals surface area contributed by atoms with E-state index in [1.54, 1.807) is 6.08 Å². The van der Waals surface area contributed by atoms with Crippen molar-refractivity contribution in [1.29, 1.82) is 0 Å². The lowest BCUT2D eigenvalue weighted by atomic mass is 9.66. The predicted octanol–water partition coefficient (Wildman–Crippen LogP) is 2.49. The maximum atomic E-state index is 11.5. The van der Waals surface area contributed by atoms with Crippen LogP contribution in [0.4, 0.5) is 0 Å². The average Bonchev–Trinajstić information content (AvgIpc) is 2.16. The number of allylic oxidation sites excluding steroid dienone is 4. The fourth-order valence-corrected chi connectivity index (χ4v) is 2.39. The van der Waals surface area contributed by atoms with E-state index in [1.165, 1.54) is 0 Å². The van der Waals surface area contributed by atoms with Crippen LogP contribution in [0.2, 0.25) is 0 Å². The molecular weight excluding hydrogens is 188 g/mol. The summed E-state index contributed by atoms with van der Waals surface area (Å²) in [6.45, 7) is 6.05. The van der Waals surface area contributed by atoms with E-state index in [2.05, 4.69) is 6.08 Å². The molecule has 0 radical (unpaired) electrons. The molecule has 2 heteroatoms. The van der Waals surface area contributed by atoms with Gasteiger partial charge in [-0.25, -0.2) is 0 Å². The van der Waals surface area contributed by atoms with E-state index in [4.69, 9.17) is 0 Å². The third kappa shape index (κ3) is 2.57. The van der Waals surface area contributed by atoms with E-state index >= 15 is 0 Å². The summed E-state index contributed by atoms with van der Waals surface area (Å²) in [5, 5.41) is 9.45. The van der Waals surface area contributed by atoms with Gasteiger partial charge in [0.2, 0.25) is 0 Å². The number of hydrogen-bond donors (Lipinski definition) is 1. The average molecular weight is 208 g/mol. The first-order valence-electron chi connectivity index (χ1n) is 5.46. The second kappa shape index (κ2) is 4.75. The van der Waals surface area contributed by atoms with Gasteiger partial charge in [-0.3, -0.25) is 4.79 Å². The Labute approximate surface area is 91.7 Å². The number of hydrogen-bond acceptors (Lipinski definition) is 2. The second-order valence-corrected chi connectivity index (χ2v) is 4.70. The van der Waals surface area contributed by atoms with Crippen molar-refractivity contribution in [1.82, 2.24) is 0 Å². The molecular formula is C13H20O2. The highest BCUT2D eigenvalue weighted by Gasteiger charge is 2.38. The Morgan fingerprint density at radius 2 is 2.33 bits per heavy atom. The molecule has 0 aromatic carbocycles. The first-order chi connectivity index (χ1) is 7.03. The zero-order valence-corrected chi connectivity index (χ0v) is 9.79. The van der Waals surface area contributed by atoms with Crippen LogP contribution in [0.1, 0.15) is 33.6 Å². The Morgan fingerprint density at radius 1 is 1.67 bits per heavy atom. The number of carbonyl (C=O) groups excluding carboxylic acids is 1. The van der Waals surface area contributed by atoms with Gasteiger partial charge < -0.3 is 5.11 Å². The monoisotopic (exact) mass is 208 g/mol. The van der Waals surface area contributed by atoms with Crippen LogP contribution in [0, 0.1) is 11.3 Å². The molecule has 0 spiro atoms. The lowest BCUT2D eigenvalue weighted by molar-refractivity contribution is -0.119. The van der Waals surface area contributed by atoms with Gasteiger partial charge >= 0.3 is 0 Å². The largest absolute Gasteiger partial charge is 0.396 e. The molecule has 0 fully saturated rings. The van der Waals surface area contributed by atoms with Crippen LogP contribution in [0.25, 0.3) is 0 Å². The predicted molar refractivity (Wildman–Crippen MR) is 61.5 cm³/mol. The molecule has 1 N–H and O–H groups in total. The quantitative estimate of drug-likeness (QED) is 0.723. The van der Waals surface area contributed by atoms with E-state index in [1.807, 2.05) is 26.8 Å². The molecule has 0 heterocycles. The molecule has 15 heavy (non-hydrogen) atoms. The van der Waals surface area contributed by atoms with Gasteiger partial charge in [-0.05, 0) is 32.3 Å². The highest BCUT2D eigenvalue weighted by Crippen LogP contribution is 2.41. The normalized spacial score (nSPS) is 32.1. The third-order valence-corrected chi connectivity index (χ3v) is 3.33. The van der Waals surface area contributed by atoms with Crippen molar-refractivity contribution in [3.05, 3.63) is 23.8 Å². The van der Waals surface area contributed by atoms with Gasteiger partial charge in [-0.1, -0.05) is 24.6 Å². The Morgan fingerprint density at radius 3 is 2.87 bits per heavy atom. The maximum Gasteiger partial charge on any atom is 0.156 e. The van der Waals surface area contributed by atoms with Crippen molar-refractivity contribution in [3.8, 4) is 0 Å². The van der Waals surface area contributed by atoms with Crippen LogP contribution in [-0.2, 0) is 4.79 Å². The summed E-state index contributed by atoms with van der Waals surface area (Å²) in [6.07, 6.45) is 7.21. The van der Waals surface area contributed by atoms with Gasteiger partial charge in [0.1, 0.15) is 0 Å². The molecule has 0 amide bonds. The van der Waals surface area contributed by atoms with Gasteiger partial charge in [0.25, 0.3) is 0 Å². The Balaban J connectivity index is 2.95. The Hall–Kier alpha value is -0.890. The van der Waals surface area contributed by atoms with Crippen molar-refractivity contribution >= 4 is 5.78 Å². The molecule has 2 nitrogen and oxygen atoms in total. The lowest BCUT2D eigenvalue weighted by Gasteiger charge is -2.38. The number of aliphatic hydroxyl groups is 1. The highest BCUT2D eigenvalue weighted by atomic mass is 16.3. The zero-order chi connectivity index (χ0) is 11.5. The molecule has 0 aromatic heterocycles. The molecule has 0 unspecified atom stereocenters. The molecule has 84 valence electrons. The summed E-state index contributed by atoms with van der Waals surface area (Å²) in [5.41, 5.74) is 0.816. The fraction of sp³-hybridized carbons (Fsp3) is 0.615. The van der Waals surface area contributed by atoms with Gasteiger partial charge in [-0.15, -0.1) is 0 Å². The SMILES string of the molecule is C/C=C/C[C@@H]1C(C)=CC(=O)C[C@]1(C)CO. The van der Waals surface area contributed by atoms with Crippen molar-refractivity contribution in [3.63, 3.8) is 0 Å².